The van der Waals surface area contributed by atoms with Crippen LogP contribution < -0.4 is 14.4 Å². The number of ether oxygens (including phenoxy) is 3. The molecule has 14 nitrogen and oxygen atoms in total. The standard InChI is InChI=1S/C51H64FN2O12P/c1-48-22-21-38(56)28-37(48)18-19-39-40-29-46-51(45(59)33-55,49(40,2)30-44(58)50(39,48)52)65-47(64-46)36-16-12-24-54(32-36)41-27-35(17-20-43(41)66-67(60,61)62)42(57)31-53-23-9-3-4-10-25-63-26-11-8-15-34-13-6-5-7-14-34/h5-7,12-14,16-17,20-22,24,27-28,32,39-40,42,44,46-47,53,55,57-58H,3-4,8-11,15,18-19,23,25-26,29-31,33H2,1-2H3,(H-,60,61,62)/p+1/t39-,40-,42?,44-,46+,47+,48-,49-,50-,51+/m0/s1. The number of carbonyl (C=O) groups is 2. The van der Waals surface area contributed by atoms with Crippen molar-refractivity contribution in [2.24, 2.45) is 22.7 Å². The summed E-state index contributed by atoms with van der Waals surface area (Å²) in [4.78, 5) is 46.1. The number of alkyl halides is 1. The number of carbonyl (C=O) groups excluding carboxylic acids is 2. The molecule has 0 amide bonds. The highest BCUT2D eigenvalue weighted by Crippen LogP contribution is 2.72. The van der Waals surface area contributed by atoms with Gasteiger partial charge >= 0.3 is 7.82 Å². The Balaban J connectivity index is 0.909. The van der Waals surface area contributed by atoms with Crippen molar-refractivity contribution in [1.82, 2.24) is 5.32 Å². The molecule has 4 aliphatic carbocycles. The second-order valence-electron chi connectivity index (χ2n) is 19.4. The molecule has 4 fully saturated rings. The number of allylic oxidation sites excluding steroid dienone is 4. The van der Waals surface area contributed by atoms with E-state index >= 15 is 4.39 Å². The number of nitrogens with zero attached hydrogens (tertiary/aromatic N) is 1. The molecule has 0 spiro atoms. The number of phosphoric ester groups is 1. The zero-order chi connectivity index (χ0) is 47.6. The second-order valence-corrected chi connectivity index (χ2v) is 20.6. The summed E-state index contributed by atoms with van der Waals surface area (Å²) < 4.78 is 55.8. The number of rotatable bonds is 21. The molecule has 1 aliphatic heterocycles. The SMILES string of the molecule is C[C@]12C=CC(=O)C=C1CC[C@H]1[C@@H]3C[C@H]4O[C@@H](c5ccc[n+](-c6cc(C(O)CNCCCCCCOCCCCc7ccccc7)ccc6OP(=O)(O)O)c5)O[C@@]4(C(=O)CO)[C@@]3(C)C[C@H](O)[C@@]12F. The molecule has 67 heavy (non-hydrogen) atoms. The van der Waals surface area contributed by atoms with Crippen LogP contribution in [-0.4, -0.2) is 93.1 Å². The molecule has 0 radical (unpaired) electrons. The zero-order valence-electron chi connectivity index (χ0n) is 38.3. The van der Waals surface area contributed by atoms with Crippen LogP contribution in [-0.2, 0) is 34.8 Å². The molecule has 10 atom stereocenters. The number of aliphatic hydroxyl groups is 3. The highest BCUT2D eigenvalue weighted by molar-refractivity contribution is 7.46. The molecule has 3 saturated carbocycles. The maximum Gasteiger partial charge on any atom is 0.525 e. The minimum absolute atomic E-state index is 0.162. The summed E-state index contributed by atoms with van der Waals surface area (Å²) in [5.74, 6) is -2.23. The Morgan fingerprint density at radius 2 is 1.78 bits per heavy atom. The summed E-state index contributed by atoms with van der Waals surface area (Å²) in [7, 11) is -5.03. The number of nitrogens with one attached hydrogen (secondary N) is 1. The summed E-state index contributed by atoms with van der Waals surface area (Å²) in [5.41, 5.74) is -3.24. The van der Waals surface area contributed by atoms with Gasteiger partial charge in [-0.15, -0.1) is 0 Å². The van der Waals surface area contributed by atoms with Crippen molar-refractivity contribution in [1.29, 1.82) is 0 Å². The lowest BCUT2D eigenvalue weighted by Crippen LogP contribution is -2.69. The molecule has 5 aliphatic rings. The minimum Gasteiger partial charge on any atom is -0.397 e. The lowest BCUT2D eigenvalue weighted by molar-refractivity contribution is -0.597. The average molecular weight is 948 g/mol. The van der Waals surface area contributed by atoms with Crippen LogP contribution in [0, 0.1) is 22.7 Å². The maximum atomic E-state index is 17.9. The Bertz CT molecular complexity index is 2380. The van der Waals surface area contributed by atoms with E-state index in [0.717, 1.165) is 58.2 Å². The molecule has 0 bridgehead atoms. The monoisotopic (exact) mass is 947 g/mol. The van der Waals surface area contributed by atoms with Gasteiger partial charge in [-0.25, -0.2) is 8.96 Å². The minimum atomic E-state index is -5.03. The van der Waals surface area contributed by atoms with E-state index in [1.165, 1.54) is 29.8 Å². The summed E-state index contributed by atoms with van der Waals surface area (Å²) in [5, 5.41) is 36.9. The normalized spacial score (nSPS) is 31.4. The van der Waals surface area contributed by atoms with E-state index in [1.807, 2.05) is 13.0 Å². The number of fused-ring (bicyclic) bond motifs is 7. The van der Waals surface area contributed by atoms with Gasteiger partial charge in [-0.2, -0.15) is 4.57 Å². The molecule has 1 aromatic heterocycles. The fourth-order valence-electron chi connectivity index (χ4n) is 12.1. The van der Waals surface area contributed by atoms with E-state index in [2.05, 4.69) is 29.6 Å². The van der Waals surface area contributed by atoms with Gasteiger partial charge in [0.05, 0.1) is 23.9 Å². The van der Waals surface area contributed by atoms with Crippen LogP contribution in [0.2, 0.25) is 0 Å². The smallest absolute Gasteiger partial charge is 0.397 e. The molecule has 2 aromatic carbocycles. The van der Waals surface area contributed by atoms with Gasteiger partial charge in [-0.3, -0.25) is 19.4 Å². The van der Waals surface area contributed by atoms with Crippen molar-refractivity contribution in [2.75, 3.05) is 32.9 Å². The lowest BCUT2D eigenvalue weighted by Gasteiger charge is -2.62. The highest BCUT2D eigenvalue weighted by atomic mass is 31.2. The number of Topliss-reactive ketones (excluding diaryl/α,β-unsaturated/α-hetero) is 1. The Labute approximate surface area is 391 Å². The molecular formula is C51H65FN2O12P+. The number of aliphatic hydroxyl groups excluding tert-OH is 3. The number of unbranched alkanes of at least 4 members (excludes halogenated alkanes) is 4. The maximum absolute atomic E-state index is 17.9. The predicted molar refractivity (Wildman–Crippen MR) is 244 cm³/mol. The number of pyridine rings is 1. The molecule has 2 heterocycles. The van der Waals surface area contributed by atoms with Gasteiger partial charge in [-0.1, -0.05) is 67.8 Å². The van der Waals surface area contributed by atoms with Gasteiger partial charge in [0.1, 0.15) is 6.61 Å². The number of benzene rings is 2. The van der Waals surface area contributed by atoms with Crippen LogP contribution in [0.1, 0.15) is 107 Å². The Hall–Kier alpha value is -3.99. The lowest BCUT2D eigenvalue weighted by atomic mass is 9.44. The number of aromatic nitrogens is 1. The molecule has 362 valence electrons. The van der Waals surface area contributed by atoms with Crippen LogP contribution in [0.4, 0.5) is 4.39 Å². The van der Waals surface area contributed by atoms with Gasteiger partial charge in [0.25, 0.3) is 5.69 Å². The van der Waals surface area contributed by atoms with Crippen LogP contribution in [0.25, 0.3) is 5.69 Å². The van der Waals surface area contributed by atoms with Crippen LogP contribution in [0.3, 0.4) is 0 Å². The molecule has 3 aromatic rings. The van der Waals surface area contributed by atoms with E-state index in [1.54, 1.807) is 48.2 Å². The van der Waals surface area contributed by atoms with Gasteiger partial charge in [-0.05, 0) is 113 Å². The molecule has 8 rings (SSSR count). The molecule has 1 unspecified atom stereocenters. The summed E-state index contributed by atoms with van der Waals surface area (Å²) in [6, 6.07) is 18.3. The van der Waals surface area contributed by atoms with Crippen molar-refractivity contribution >= 4 is 19.4 Å². The number of hydrogen-bond donors (Lipinski definition) is 6. The van der Waals surface area contributed by atoms with E-state index in [-0.39, 0.29) is 36.6 Å². The number of hydrogen-bond acceptors (Lipinski definition) is 11. The van der Waals surface area contributed by atoms with E-state index in [0.29, 0.717) is 36.1 Å². The van der Waals surface area contributed by atoms with Crippen LogP contribution in [0.5, 0.6) is 5.75 Å². The van der Waals surface area contributed by atoms with Crippen LogP contribution in [0.15, 0.2) is 96.9 Å². The molecule has 16 heteroatoms. The highest BCUT2D eigenvalue weighted by Gasteiger charge is 2.79. The van der Waals surface area contributed by atoms with Crippen molar-refractivity contribution < 1.29 is 67.0 Å². The predicted octanol–water partition coefficient (Wildman–Crippen LogP) is 6.35. The number of halogens is 1. The molecular weight excluding hydrogens is 883 g/mol. The fraction of sp³-hybridized carbons (Fsp3) is 0.549. The summed E-state index contributed by atoms with van der Waals surface area (Å²) >= 11 is 0. The largest absolute Gasteiger partial charge is 0.525 e. The van der Waals surface area contributed by atoms with Gasteiger partial charge in [0.2, 0.25) is 5.75 Å². The quantitative estimate of drug-likeness (QED) is 0.0392. The van der Waals surface area contributed by atoms with Crippen molar-refractivity contribution in [3.05, 3.63) is 114 Å². The first-order valence-electron chi connectivity index (χ1n) is 23.7. The van der Waals surface area contributed by atoms with Crippen molar-refractivity contribution in [2.45, 2.75) is 120 Å². The third-order valence-corrected chi connectivity index (χ3v) is 15.9. The Kier molecular flexibility index (Phi) is 14.9. The first-order valence-corrected chi connectivity index (χ1v) is 25.3. The molecule has 1 saturated heterocycles. The van der Waals surface area contributed by atoms with Crippen LogP contribution >= 0.6 is 7.82 Å². The second kappa shape index (κ2) is 20.2. The zero-order valence-corrected chi connectivity index (χ0v) is 39.2. The first kappa shape index (κ1) is 49.4. The number of ketones is 2. The van der Waals surface area contributed by atoms with E-state index in [9.17, 15) is 39.3 Å². The Morgan fingerprint density at radius 3 is 2.54 bits per heavy atom. The first-order chi connectivity index (χ1) is 32.0. The third-order valence-electron chi connectivity index (χ3n) is 15.5. The third kappa shape index (κ3) is 9.54. The molecule has 6 N–H and O–H groups in total. The van der Waals surface area contributed by atoms with Gasteiger partial charge in [0.15, 0.2) is 41.5 Å². The number of phosphoric acid groups is 1. The summed E-state index contributed by atoms with van der Waals surface area (Å²) in [6.07, 6.45) is 11.0. The van der Waals surface area contributed by atoms with Gasteiger partial charge < -0.3 is 39.4 Å². The van der Waals surface area contributed by atoms with E-state index in [4.69, 9.17) is 18.7 Å². The summed E-state index contributed by atoms with van der Waals surface area (Å²) in [6.45, 7) is 5.08. The van der Waals surface area contributed by atoms with Crippen molar-refractivity contribution in [3.63, 3.8) is 0 Å². The fourth-order valence-corrected chi connectivity index (χ4v) is 12.5. The van der Waals surface area contributed by atoms with Crippen molar-refractivity contribution in [3.8, 4) is 11.4 Å². The topological polar surface area (TPSA) is 205 Å². The number of aryl methyl sites for hydroxylation is 1. The van der Waals surface area contributed by atoms with Gasteiger partial charge in [0, 0.05) is 48.6 Å². The Morgan fingerprint density at radius 1 is 1.01 bits per heavy atom. The average Bonchev–Trinajstić information content (AvgIpc) is 3.81. The van der Waals surface area contributed by atoms with E-state index < -0.39 is 78.8 Å².